The molecule has 0 aromatic carbocycles. The molecule has 122 valence electrons. The molecular weight excluding hydrogens is 322 g/mol. The normalized spacial score (nSPS) is 11.3. The van der Waals surface area contributed by atoms with E-state index >= 15 is 0 Å². The zero-order valence-electron chi connectivity index (χ0n) is 11.3. The molecule has 0 atom stereocenters. The number of nitrogens with one attached hydrogen (secondary N) is 1. The van der Waals surface area contributed by atoms with Gasteiger partial charge in [-0.3, -0.25) is 10.1 Å². The van der Waals surface area contributed by atoms with E-state index in [1.54, 1.807) is 0 Å². The Hall–Kier alpha value is -2.98. The molecule has 7 nitrogen and oxygen atoms in total. The standard InChI is InChI=1S/C12H9F4N5O2/c1-2-3-17-11-9(21(22)23)6-19-20(11)10-8(13)4-7(5-18-10)12(14,15)16/h2,4-6,17H,1,3H2. The van der Waals surface area contributed by atoms with Gasteiger partial charge in [0.1, 0.15) is 6.20 Å². The summed E-state index contributed by atoms with van der Waals surface area (Å²) in [6.07, 6.45) is -2.11. The first-order chi connectivity index (χ1) is 10.8. The van der Waals surface area contributed by atoms with Gasteiger partial charge >= 0.3 is 11.9 Å². The van der Waals surface area contributed by atoms with Crippen LogP contribution in [0.3, 0.4) is 0 Å². The average Bonchev–Trinajstić information content (AvgIpc) is 2.87. The topological polar surface area (TPSA) is 85.9 Å². The maximum absolute atomic E-state index is 13.9. The van der Waals surface area contributed by atoms with Crippen molar-refractivity contribution in [2.45, 2.75) is 6.18 Å². The van der Waals surface area contributed by atoms with E-state index < -0.39 is 34.0 Å². The minimum atomic E-state index is -4.76. The van der Waals surface area contributed by atoms with Crippen molar-refractivity contribution < 1.29 is 22.5 Å². The van der Waals surface area contributed by atoms with E-state index in [-0.39, 0.29) is 18.4 Å². The van der Waals surface area contributed by atoms with Crippen LogP contribution < -0.4 is 5.32 Å². The summed E-state index contributed by atoms with van der Waals surface area (Å²) < 4.78 is 52.2. The number of nitrogens with zero attached hydrogens (tertiary/aromatic N) is 4. The van der Waals surface area contributed by atoms with Gasteiger partial charge in [-0.15, -0.1) is 6.58 Å². The predicted molar refractivity (Wildman–Crippen MR) is 71.7 cm³/mol. The first-order valence-corrected chi connectivity index (χ1v) is 6.06. The van der Waals surface area contributed by atoms with E-state index in [0.717, 1.165) is 10.9 Å². The highest BCUT2D eigenvalue weighted by molar-refractivity contribution is 5.59. The van der Waals surface area contributed by atoms with Crippen molar-refractivity contribution in [3.05, 3.63) is 52.6 Å². The number of rotatable bonds is 5. The summed E-state index contributed by atoms with van der Waals surface area (Å²) >= 11 is 0. The second-order valence-electron chi connectivity index (χ2n) is 4.24. The molecule has 2 aromatic heterocycles. The van der Waals surface area contributed by atoms with Crippen LogP contribution in [0, 0.1) is 15.9 Å². The van der Waals surface area contributed by atoms with Crippen molar-refractivity contribution in [3.63, 3.8) is 0 Å². The highest BCUT2D eigenvalue weighted by atomic mass is 19.4. The van der Waals surface area contributed by atoms with Crippen molar-refractivity contribution in [2.24, 2.45) is 0 Å². The quantitative estimate of drug-likeness (QED) is 0.394. The Balaban J connectivity index is 2.54. The molecule has 0 radical (unpaired) electrons. The third-order valence-electron chi connectivity index (χ3n) is 2.71. The fourth-order valence-corrected chi connectivity index (χ4v) is 1.71. The second kappa shape index (κ2) is 6.02. The highest BCUT2D eigenvalue weighted by Gasteiger charge is 2.32. The van der Waals surface area contributed by atoms with Crippen molar-refractivity contribution in [2.75, 3.05) is 11.9 Å². The highest BCUT2D eigenvalue weighted by Crippen LogP contribution is 2.31. The lowest BCUT2D eigenvalue weighted by molar-refractivity contribution is -0.384. The summed E-state index contributed by atoms with van der Waals surface area (Å²) in [4.78, 5) is 13.5. The summed E-state index contributed by atoms with van der Waals surface area (Å²) in [5, 5.41) is 17.1. The molecule has 1 N–H and O–H groups in total. The van der Waals surface area contributed by atoms with Crippen LogP contribution in [0.4, 0.5) is 29.1 Å². The van der Waals surface area contributed by atoms with Crippen molar-refractivity contribution in [3.8, 4) is 5.82 Å². The van der Waals surface area contributed by atoms with Gasteiger partial charge in [-0.05, 0) is 6.07 Å². The van der Waals surface area contributed by atoms with Crippen LogP contribution in [0.25, 0.3) is 5.82 Å². The van der Waals surface area contributed by atoms with Gasteiger partial charge in [-0.2, -0.15) is 23.0 Å². The van der Waals surface area contributed by atoms with Crippen LogP contribution >= 0.6 is 0 Å². The van der Waals surface area contributed by atoms with Gasteiger partial charge in [0.15, 0.2) is 11.6 Å². The van der Waals surface area contributed by atoms with Gasteiger partial charge in [0, 0.05) is 12.7 Å². The maximum Gasteiger partial charge on any atom is 0.417 e. The SMILES string of the molecule is C=CCNc1c([N+](=O)[O-])cnn1-c1ncc(C(F)(F)F)cc1F. The van der Waals surface area contributed by atoms with Crippen LogP contribution in [-0.2, 0) is 6.18 Å². The molecule has 0 fully saturated rings. The molecule has 0 saturated carbocycles. The zero-order chi connectivity index (χ0) is 17.2. The summed E-state index contributed by atoms with van der Waals surface area (Å²) in [6, 6.07) is 0.243. The predicted octanol–water partition coefficient (Wildman–Crippen LogP) is 2.93. The van der Waals surface area contributed by atoms with Crippen LogP contribution in [0.5, 0.6) is 0 Å². The third kappa shape index (κ3) is 3.27. The minimum absolute atomic E-state index is 0.0921. The number of hydrogen-bond acceptors (Lipinski definition) is 5. The summed E-state index contributed by atoms with van der Waals surface area (Å²) in [5.41, 5.74) is -1.76. The van der Waals surface area contributed by atoms with E-state index in [0.29, 0.717) is 6.20 Å². The lowest BCUT2D eigenvalue weighted by atomic mass is 10.2. The monoisotopic (exact) mass is 331 g/mol. The summed E-state index contributed by atoms with van der Waals surface area (Å²) in [7, 11) is 0. The van der Waals surface area contributed by atoms with Crippen LogP contribution in [0.2, 0.25) is 0 Å². The second-order valence-corrected chi connectivity index (χ2v) is 4.24. The molecule has 23 heavy (non-hydrogen) atoms. The fourth-order valence-electron chi connectivity index (χ4n) is 1.71. The lowest BCUT2D eigenvalue weighted by Crippen LogP contribution is -2.12. The molecule has 0 unspecified atom stereocenters. The Morgan fingerprint density at radius 3 is 2.65 bits per heavy atom. The Labute approximate surface area is 126 Å². The average molecular weight is 331 g/mol. The molecule has 2 aromatic rings. The number of alkyl halides is 3. The Morgan fingerprint density at radius 2 is 2.13 bits per heavy atom. The largest absolute Gasteiger partial charge is 0.417 e. The zero-order valence-corrected chi connectivity index (χ0v) is 11.3. The van der Waals surface area contributed by atoms with E-state index in [2.05, 4.69) is 22.0 Å². The van der Waals surface area contributed by atoms with Gasteiger partial charge in [-0.25, -0.2) is 9.37 Å². The molecule has 0 aliphatic heterocycles. The Kier molecular flexibility index (Phi) is 4.29. The summed E-state index contributed by atoms with van der Waals surface area (Å²) in [5.74, 6) is -2.14. The van der Waals surface area contributed by atoms with Gasteiger partial charge in [0.05, 0.1) is 10.5 Å². The molecule has 0 aliphatic carbocycles. The maximum atomic E-state index is 13.9. The third-order valence-corrected chi connectivity index (χ3v) is 2.71. The smallest absolute Gasteiger partial charge is 0.361 e. The van der Waals surface area contributed by atoms with E-state index in [1.807, 2.05) is 0 Å². The van der Waals surface area contributed by atoms with Gasteiger partial charge in [-0.1, -0.05) is 6.08 Å². The first-order valence-electron chi connectivity index (χ1n) is 6.06. The molecule has 0 saturated heterocycles. The molecule has 0 aliphatic rings. The molecule has 2 heterocycles. The van der Waals surface area contributed by atoms with Crippen LogP contribution in [0.1, 0.15) is 5.56 Å². The Morgan fingerprint density at radius 1 is 1.43 bits per heavy atom. The van der Waals surface area contributed by atoms with Crippen molar-refractivity contribution >= 4 is 11.5 Å². The molecule has 2 rings (SSSR count). The Bertz CT molecular complexity index is 756. The van der Waals surface area contributed by atoms with Gasteiger partial charge < -0.3 is 5.32 Å². The van der Waals surface area contributed by atoms with Gasteiger partial charge in [0.2, 0.25) is 5.82 Å². The fraction of sp³-hybridized carbons (Fsp3) is 0.167. The number of halogens is 4. The van der Waals surface area contributed by atoms with E-state index in [4.69, 9.17) is 0 Å². The van der Waals surface area contributed by atoms with E-state index in [9.17, 15) is 27.7 Å². The van der Waals surface area contributed by atoms with Crippen LogP contribution in [0.15, 0.2) is 31.1 Å². The molecule has 11 heteroatoms. The van der Waals surface area contributed by atoms with Crippen molar-refractivity contribution in [1.29, 1.82) is 0 Å². The molecule has 0 spiro atoms. The number of aromatic nitrogens is 3. The number of nitro groups is 1. The van der Waals surface area contributed by atoms with Gasteiger partial charge in [0.25, 0.3) is 0 Å². The number of pyridine rings is 1. The minimum Gasteiger partial charge on any atom is -0.361 e. The van der Waals surface area contributed by atoms with Crippen molar-refractivity contribution in [1.82, 2.24) is 14.8 Å². The summed E-state index contributed by atoms with van der Waals surface area (Å²) in [6.45, 7) is 3.51. The number of hydrogen-bond donors (Lipinski definition) is 1. The molecule has 0 amide bonds. The van der Waals surface area contributed by atoms with E-state index in [1.165, 1.54) is 6.08 Å². The first kappa shape index (κ1) is 16.4. The molecule has 0 bridgehead atoms. The molecular formula is C12H9F4N5O2. The van der Waals surface area contributed by atoms with Crippen LogP contribution in [-0.4, -0.2) is 26.2 Å². The number of anilines is 1. The lowest BCUT2D eigenvalue weighted by Gasteiger charge is -2.10.